The molecular formula is C17H19F4NO2. The average molecular weight is 345 g/mol. The number of carbonyl (C=O) groups is 1. The molecule has 1 atom stereocenters. The highest BCUT2D eigenvalue weighted by atomic mass is 19.4. The number of rotatable bonds is 2. The van der Waals surface area contributed by atoms with Crippen molar-refractivity contribution in [2.75, 3.05) is 13.2 Å². The van der Waals surface area contributed by atoms with E-state index < -0.39 is 17.6 Å². The zero-order chi connectivity index (χ0) is 17.4. The molecule has 2 aliphatic heterocycles. The second-order valence-corrected chi connectivity index (χ2v) is 6.55. The van der Waals surface area contributed by atoms with E-state index in [1.54, 1.807) is 0 Å². The maximum absolute atomic E-state index is 13.5. The lowest BCUT2D eigenvalue weighted by Gasteiger charge is -2.26. The number of benzene rings is 1. The van der Waals surface area contributed by atoms with Crippen LogP contribution in [0.5, 0.6) is 0 Å². The lowest BCUT2D eigenvalue weighted by Crippen LogP contribution is -2.32. The Morgan fingerprint density at radius 3 is 2.62 bits per heavy atom. The predicted molar refractivity (Wildman–Crippen MR) is 78.6 cm³/mol. The molecule has 2 fully saturated rings. The van der Waals surface area contributed by atoms with Crippen LogP contribution in [0, 0.1) is 5.82 Å². The number of carbonyl (C=O) groups excluding carboxylic acids is 1. The molecule has 0 unspecified atom stereocenters. The van der Waals surface area contributed by atoms with Gasteiger partial charge in [0.2, 0.25) is 5.91 Å². The molecule has 2 heterocycles. The summed E-state index contributed by atoms with van der Waals surface area (Å²) in [5, 5.41) is 0. The van der Waals surface area contributed by atoms with E-state index in [1.807, 2.05) is 0 Å². The Hall–Kier alpha value is -1.63. The van der Waals surface area contributed by atoms with Gasteiger partial charge in [0.15, 0.2) is 0 Å². The highest BCUT2D eigenvalue weighted by Crippen LogP contribution is 2.36. The van der Waals surface area contributed by atoms with Crippen LogP contribution < -0.4 is 0 Å². The van der Waals surface area contributed by atoms with Gasteiger partial charge in [-0.2, -0.15) is 13.2 Å². The van der Waals surface area contributed by atoms with Gasteiger partial charge in [0.05, 0.1) is 11.2 Å². The Balaban J connectivity index is 1.75. The van der Waals surface area contributed by atoms with Crippen LogP contribution in [0.3, 0.4) is 0 Å². The van der Waals surface area contributed by atoms with Crippen LogP contribution >= 0.6 is 0 Å². The maximum Gasteiger partial charge on any atom is 0.416 e. The van der Waals surface area contributed by atoms with Crippen molar-refractivity contribution in [2.24, 2.45) is 0 Å². The van der Waals surface area contributed by atoms with Crippen LogP contribution in [0.15, 0.2) is 18.2 Å². The predicted octanol–water partition coefficient (Wildman–Crippen LogP) is 3.91. The monoisotopic (exact) mass is 345 g/mol. The smallest absolute Gasteiger partial charge is 0.375 e. The summed E-state index contributed by atoms with van der Waals surface area (Å²) in [5.74, 6) is -1.07. The average Bonchev–Trinajstić information content (AvgIpc) is 2.91. The standard InChI is InChI=1S/C17H19F4NO2/c18-14-9-12(8-13(10-14)17(19,20)21)11-22-6-5-16(3-1-7-24-16)4-2-15(22)23/h8-10H,1-7,11H2/t16-/m1/s1. The molecule has 0 radical (unpaired) electrons. The molecule has 0 aliphatic carbocycles. The first kappa shape index (κ1) is 17.2. The molecule has 0 aromatic heterocycles. The number of halogens is 4. The number of hydrogen-bond donors (Lipinski definition) is 0. The van der Waals surface area contributed by atoms with Crippen LogP contribution in [0.25, 0.3) is 0 Å². The highest BCUT2D eigenvalue weighted by molar-refractivity contribution is 5.76. The van der Waals surface area contributed by atoms with Crippen molar-refractivity contribution in [2.45, 2.75) is 50.4 Å². The van der Waals surface area contributed by atoms with E-state index in [0.717, 1.165) is 25.0 Å². The molecule has 1 aromatic carbocycles. The molecule has 7 heteroatoms. The van der Waals surface area contributed by atoms with Crippen molar-refractivity contribution in [3.63, 3.8) is 0 Å². The fourth-order valence-electron chi connectivity index (χ4n) is 3.52. The summed E-state index contributed by atoms with van der Waals surface area (Å²) in [7, 11) is 0. The molecule has 3 rings (SSSR count). The van der Waals surface area contributed by atoms with Gasteiger partial charge < -0.3 is 9.64 Å². The van der Waals surface area contributed by atoms with Crippen molar-refractivity contribution in [3.05, 3.63) is 35.1 Å². The molecule has 3 nitrogen and oxygen atoms in total. The topological polar surface area (TPSA) is 29.5 Å². The van der Waals surface area contributed by atoms with Gasteiger partial charge in [-0.1, -0.05) is 0 Å². The SMILES string of the molecule is O=C1CC[C@]2(CCCO2)CCN1Cc1cc(F)cc(C(F)(F)F)c1. The van der Waals surface area contributed by atoms with Gasteiger partial charge >= 0.3 is 6.18 Å². The molecule has 24 heavy (non-hydrogen) atoms. The van der Waals surface area contributed by atoms with E-state index in [9.17, 15) is 22.4 Å². The normalized spacial score (nSPS) is 25.3. The summed E-state index contributed by atoms with van der Waals surface area (Å²) in [5.41, 5.74) is -1.15. The Bertz CT molecular complexity index is 624. The minimum absolute atomic E-state index is 0.0181. The fraction of sp³-hybridized carbons (Fsp3) is 0.588. The minimum atomic E-state index is -4.61. The molecule has 1 amide bonds. The van der Waals surface area contributed by atoms with Gasteiger partial charge in [0, 0.05) is 26.1 Å². The number of amides is 1. The first-order valence-corrected chi connectivity index (χ1v) is 8.06. The third-order valence-electron chi connectivity index (χ3n) is 4.83. The summed E-state index contributed by atoms with van der Waals surface area (Å²) in [4.78, 5) is 13.8. The number of ether oxygens (including phenoxy) is 1. The van der Waals surface area contributed by atoms with Gasteiger partial charge in [0.1, 0.15) is 5.82 Å². The number of nitrogens with zero attached hydrogens (tertiary/aromatic N) is 1. The third-order valence-corrected chi connectivity index (χ3v) is 4.83. The van der Waals surface area contributed by atoms with E-state index >= 15 is 0 Å². The summed E-state index contributed by atoms with van der Waals surface area (Å²) < 4.78 is 57.7. The highest BCUT2D eigenvalue weighted by Gasteiger charge is 2.38. The molecule has 132 valence electrons. The Morgan fingerprint density at radius 1 is 1.17 bits per heavy atom. The molecule has 1 aromatic rings. The molecule has 2 saturated heterocycles. The number of likely N-dealkylation sites (tertiary alicyclic amines) is 1. The fourth-order valence-corrected chi connectivity index (χ4v) is 3.52. The van der Waals surface area contributed by atoms with Crippen molar-refractivity contribution >= 4 is 5.91 Å². The van der Waals surface area contributed by atoms with E-state index in [2.05, 4.69) is 0 Å². The van der Waals surface area contributed by atoms with Gasteiger partial charge in [-0.25, -0.2) is 4.39 Å². The van der Waals surface area contributed by atoms with E-state index in [4.69, 9.17) is 4.74 Å². The largest absolute Gasteiger partial charge is 0.416 e. The molecule has 0 N–H and O–H groups in total. The maximum atomic E-state index is 13.5. The van der Waals surface area contributed by atoms with Crippen molar-refractivity contribution in [3.8, 4) is 0 Å². The Morgan fingerprint density at radius 2 is 1.96 bits per heavy atom. The summed E-state index contributed by atoms with van der Waals surface area (Å²) in [6.07, 6.45) is -1.12. The first-order chi connectivity index (χ1) is 11.3. The van der Waals surface area contributed by atoms with Crippen LogP contribution in [-0.4, -0.2) is 29.6 Å². The Labute approximate surface area is 137 Å². The van der Waals surface area contributed by atoms with E-state index in [-0.39, 0.29) is 23.6 Å². The summed E-state index contributed by atoms with van der Waals surface area (Å²) in [6.45, 7) is 1.08. The lowest BCUT2D eigenvalue weighted by atomic mass is 9.92. The number of hydrogen-bond acceptors (Lipinski definition) is 2. The van der Waals surface area contributed by atoms with Gasteiger partial charge in [-0.05, 0) is 49.4 Å². The quantitative estimate of drug-likeness (QED) is 0.761. The van der Waals surface area contributed by atoms with Gasteiger partial charge in [-0.3, -0.25) is 4.79 Å². The van der Waals surface area contributed by atoms with Gasteiger partial charge in [-0.15, -0.1) is 0 Å². The minimum Gasteiger partial charge on any atom is -0.375 e. The van der Waals surface area contributed by atoms with Crippen LogP contribution in [0.4, 0.5) is 17.6 Å². The molecule has 0 saturated carbocycles. The van der Waals surface area contributed by atoms with Crippen LogP contribution in [0.1, 0.15) is 43.2 Å². The second-order valence-electron chi connectivity index (χ2n) is 6.55. The van der Waals surface area contributed by atoms with Crippen molar-refractivity contribution in [1.82, 2.24) is 4.90 Å². The zero-order valence-corrected chi connectivity index (χ0v) is 13.2. The lowest BCUT2D eigenvalue weighted by molar-refractivity contribution is -0.137. The molecule has 0 bridgehead atoms. The van der Waals surface area contributed by atoms with E-state index in [0.29, 0.717) is 38.5 Å². The summed E-state index contributed by atoms with van der Waals surface area (Å²) >= 11 is 0. The summed E-state index contributed by atoms with van der Waals surface area (Å²) in [6, 6.07) is 2.42. The second kappa shape index (κ2) is 6.35. The Kier molecular flexibility index (Phi) is 4.55. The van der Waals surface area contributed by atoms with Crippen LogP contribution in [0.2, 0.25) is 0 Å². The first-order valence-electron chi connectivity index (χ1n) is 8.06. The number of alkyl halides is 3. The molecule has 2 aliphatic rings. The van der Waals surface area contributed by atoms with Gasteiger partial charge in [0.25, 0.3) is 0 Å². The molecule has 1 spiro atoms. The third kappa shape index (κ3) is 3.71. The zero-order valence-electron chi connectivity index (χ0n) is 13.2. The van der Waals surface area contributed by atoms with Crippen molar-refractivity contribution in [1.29, 1.82) is 0 Å². The van der Waals surface area contributed by atoms with Crippen LogP contribution in [-0.2, 0) is 22.3 Å². The van der Waals surface area contributed by atoms with E-state index in [1.165, 1.54) is 4.90 Å². The molecular weight excluding hydrogens is 326 g/mol. The van der Waals surface area contributed by atoms with Crippen molar-refractivity contribution < 1.29 is 27.1 Å².